The van der Waals surface area contributed by atoms with Gasteiger partial charge in [0.25, 0.3) is 0 Å². The molecule has 0 spiro atoms. The number of hydrogen-bond donors (Lipinski definition) is 1. The van der Waals surface area contributed by atoms with Gasteiger partial charge >= 0.3 is 0 Å². The summed E-state index contributed by atoms with van der Waals surface area (Å²) in [5.74, 6) is 1.44. The van der Waals surface area contributed by atoms with Crippen LogP contribution in [0.1, 0.15) is 37.9 Å². The molecule has 0 atom stereocenters. The lowest BCUT2D eigenvalue weighted by atomic mass is 10.1. The van der Waals surface area contributed by atoms with Crippen LogP contribution in [-0.2, 0) is 6.54 Å². The van der Waals surface area contributed by atoms with Crippen LogP contribution in [0.2, 0.25) is 0 Å². The first-order valence-electron chi connectivity index (χ1n) is 8.07. The Hall–Kier alpha value is -1.13. The summed E-state index contributed by atoms with van der Waals surface area (Å²) < 4.78 is 6.02. The highest BCUT2D eigenvalue weighted by atomic mass is 16.5. The smallest absolute Gasteiger partial charge is 0.213 e. The van der Waals surface area contributed by atoms with Gasteiger partial charge in [-0.1, -0.05) is 19.9 Å². The van der Waals surface area contributed by atoms with E-state index in [1.54, 1.807) is 0 Å². The molecule has 2 rings (SSSR count). The van der Waals surface area contributed by atoms with E-state index < -0.39 is 0 Å². The van der Waals surface area contributed by atoms with E-state index >= 15 is 0 Å². The number of nitrogens with zero attached hydrogens (tertiary/aromatic N) is 2. The summed E-state index contributed by atoms with van der Waals surface area (Å²) in [5, 5.41) is 3.46. The molecule has 1 aromatic rings. The van der Waals surface area contributed by atoms with Gasteiger partial charge in [-0.2, -0.15) is 0 Å². The normalized spacial score (nSPS) is 17.4. The third kappa shape index (κ3) is 5.29. The Labute approximate surface area is 128 Å². The quantitative estimate of drug-likeness (QED) is 0.874. The lowest BCUT2D eigenvalue weighted by Crippen LogP contribution is -2.35. The fourth-order valence-corrected chi connectivity index (χ4v) is 2.59. The van der Waals surface area contributed by atoms with Crippen LogP contribution in [0.3, 0.4) is 0 Å². The van der Waals surface area contributed by atoms with Crippen LogP contribution in [0.25, 0.3) is 0 Å². The molecule has 0 bridgehead atoms. The number of aryl methyl sites for hydroxylation is 1. The van der Waals surface area contributed by atoms with Crippen LogP contribution in [0, 0.1) is 12.8 Å². The Morgan fingerprint density at radius 3 is 2.67 bits per heavy atom. The number of ether oxygens (including phenoxy) is 1. The van der Waals surface area contributed by atoms with Crippen molar-refractivity contribution in [1.29, 1.82) is 0 Å². The molecule has 0 unspecified atom stereocenters. The number of nitrogens with one attached hydrogen (secondary N) is 1. The van der Waals surface area contributed by atoms with Crippen LogP contribution in [0.5, 0.6) is 5.88 Å². The highest BCUT2D eigenvalue weighted by Crippen LogP contribution is 2.18. The number of pyridine rings is 1. The molecule has 2 heterocycles. The molecule has 0 radical (unpaired) electrons. The minimum Gasteiger partial charge on any atom is -0.474 e. The summed E-state index contributed by atoms with van der Waals surface area (Å²) in [6.45, 7) is 10.6. The predicted octanol–water partition coefficient (Wildman–Crippen LogP) is 2.61. The van der Waals surface area contributed by atoms with Crippen molar-refractivity contribution in [2.24, 2.45) is 5.92 Å². The summed E-state index contributed by atoms with van der Waals surface area (Å²) in [4.78, 5) is 6.96. The van der Waals surface area contributed by atoms with Gasteiger partial charge in [-0.3, -0.25) is 0 Å². The Kier molecular flexibility index (Phi) is 6.00. The number of piperidine rings is 1. The Balaban J connectivity index is 1.86. The fraction of sp³-hybridized carbons (Fsp3) is 0.706. The van der Waals surface area contributed by atoms with Crippen LogP contribution in [0.4, 0.5) is 0 Å². The molecule has 1 aliphatic heterocycles. The SMILES string of the molecule is Cc1nc(OC2CCN(C)CC2)ccc1CNCC(C)C. The standard InChI is InChI=1S/C17H29N3O/c1-13(2)11-18-12-15-5-6-17(19-14(15)3)21-16-7-9-20(4)10-8-16/h5-6,13,16,18H,7-12H2,1-4H3. The summed E-state index contributed by atoms with van der Waals surface area (Å²) in [7, 11) is 2.16. The van der Waals surface area contributed by atoms with E-state index in [1.807, 2.05) is 6.07 Å². The molecule has 1 fully saturated rings. The van der Waals surface area contributed by atoms with Crippen LogP contribution in [0.15, 0.2) is 12.1 Å². The Morgan fingerprint density at radius 1 is 1.33 bits per heavy atom. The largest absolute Gasteiger partial charge is 0.474 e. The average Bonchev–Trinajstić information content (AvgIpc) is 2.43. The van der Waals surface area contributed by atoms with E-state index in [4.69, 9.17) is 4.74 Å². The van der Waals surface area contributed by atoms with E-state index in [-0.39, 0.29) is 0 Å². The zero-order chi connectivity index (χ0) is 15.2. The van der Waals surface area contributed by atoms with Crippen molar-refractivity contribution in [3.63, 3.8) is 0 Å². The molecule has 1 aliphatic rings. The second-order valence-corrected chi connectivity index (χ2v) is 6.54. The number of aromatic nitrogens is 1. The first-order valence-corrected chi connectivity index (χ1v) is 8.07. The molecular weight excluding hydrogens is 262 g/mol. The van der Waals surface area contributed by atoms with Gasteiger partial charge in [0.1, 0.15) is 6.10 Å². The molecule has 118 valence electrons. The maximum atomic E-state index is 6.02. The second kappa shape index (κ2) is 7.76. The summed E-state index contributed by atoms with van der Waals surface area (Å²) >= 11 is 0. The lowest BCUT2D eigenvalue weighted by molar-refractivity contribution is 0.110. The summed E-state index contributed by atoms with van der Waals surface area (Å²) in [6, 6.07) is 4.15. The van der Waals surface area contributed by atoms with Gasteiger partial charge in [0.2, 0.25) is 5.88 Å². The van der Waals surface area contributed by atoms with Crippen LogP contribution in [-0.4, -0.2) is 42.7 Å². The molecule has 0 saturated carbocycles. The Morgan fingerprint density at radius 2 is 2.05 bits per heavy atom. The van der Waals surface area contributed by atoms with E-state index in [2.05, 4.69) is 49.1 Å². The van der Waals surface area contributed by atoms with Gasteiger partial charge in [-0.05, 0) is 44.8 Å². The summed E-state index contributed by atoms with van der Waals surface area (Å²) in [6.07, 6.45) is 2.50. The van der Waals surface area contributed by atoms with Gasteiger partial charge in [0.15, 0.2) is 0 Å². The fourth-order valence-electron chi connectivity index (χ4n) is 2.59. The third-order valence-electron chi connectivity index (χ3n) is 3.99. The van der Waals surface area contributed by atoms with Crippen molar-refractivity contribution in [2.75, 3.05) is 26.7 Å². The summed E-state index contributed by atoms with van der Waals surface area (Å²) in [5.41, 5.74) is 2.32. The average molecular weight is 291 g/mol. The monoisotopic (exact) mass is 291 g/mol. The number of likely N-dealkylation sites (tertiary alicyclic amines) is 1. The third-order valence-corrected chi connectivity index (χ3v) is 3.99. The molecule has 21 heavy (non-hydrogen) atoms. The molecule has 1 saturated heterocycles. The van der Waals surface area contributed by atoms with Gasteiger partial charge < -0.3 is 15.0 Å². The van der Waals surface area contributed by atoms with Gasteiger partial charge in [0.05, 0.1) is 0 Å². The molecule has 0 amide bonds. The van der Waals surface area contributed by atoms with Crippen molar-refractivity contribution in [1.82, 2.24) is 15.2 Å². The van der Waals surface area contributed by atoms with Crippen molar-refractivity contribution >= 4 is 0 Å². The van der Waals surface area contributed by atoms with Crippen molar-refractivity contribution < 1.29 is 4.74 Å². The topological polar surface area (TPSA) is 37.4 Å². The predicted molar refractivity (Wildman–Crippen MR) is 86.7 cm³/mol. The van der Waals surface area contributed by atoms with Crippen LogP contribution < -0.4 is 10.1 Å². The molecule has 4 heteroatoms. The number of rotatable bonds is 6. The lowest BCUT2D eigenvalue weighted by Gasteiger charge is -2.29. The first kappa shape index (κ1) is 16.2. The second-order valence-electron chi connectivity index (χ2n) is 6.54. The van der Waals surface area contributed by atoms with Gasteiger partial charge in [0, 0.05) is 31.4 Å². The van der Waals surface area contributed by atoms with Crippen molar-refractivity contribution in [3.05, 3.63) is 23.4 Å². The first-order chi connectivity index (χ1) is 10.0. The van der Waals surface area contributed by atoms with Crippen molar-refractivity contribution in [3.8, 4) is 5.88 Å². The maximum absolute atomic E-state index is 6.02. The van der Waals surface area contributed by atoms with E-state index in [0.29, 0.717) is 12.0 Å². The minimum absolute atomic E-state index is 0.318. The van der Waals surface area contributed by atoms with E-state index in [9.17, 15) is 0 Å². The zero-order valence-corrected chi connectivity index (χ0v) is 13.9. The maximum Gasteiger partial charge on any atom is 0.213 e. The van der Waals surface area contributed by atoms with Crippen molar-refractivity contribution in [2.45, 2.75) is 46.3 Å². The minimum atomic E-state index is 0.318. The molecule has 0 aliphatic carbocycles. The Bertz CT molecular complexity index is 440. The molecule has 4 nitrogen and oxygen atoms in total. The molecule has 1 aromatic heterocycles. The zero-order valence-electron chi connectivity index (χ0n) is 13.9. The highest BCUT2D eigenvalue weighted by Gasteiger charge is 2.18. The van der Waals surface area contributed by atoms with E-state index in [0.717, 1.165) is 50.6 Å². The molecular formula is C17H29N3O. The van der Waals surface area contributed by atoms with Crippen LogP contribution >= 0.6 is 0 Å². The van der Waals surface area contributed by atoms with Gasteiger partial charge in [-0.25, -0.2) is 4.98 Å². The molecule has 0 aromatic carbocycles. The van der Waals surface area contributed by atoms with Gasteiger partial charge in [-0.15, -0.1) is 0 Å². The number of hydrogen-bond acceptors (Lipinski definition) is 4. The molecule has 1 N–H and O–H groups in total. The highest BCUT2D eigenvalue weighted by molar-refractivity contribution is 5.25. The van der Waals surface area contributed by atoms with E-state index in [1.165, 1.54) is 5.56 Å².